The third-order valence-corrected chi connectivity index (χ3v) is 9.17. The molecule has 198 valence electrons. The monoisotopic (exact) mass is 535 g/mol. The van der Waals surface area contributed by atoms with Gasteiger partial charge in [0, 0.05) is 31.7 Å². The maximum absolute atomic E-state index is 14.0. The van der Waals surface area contributed by atoms with Crippen LogP contribution < -0.4 is 0 Å². The predicted octanol–water partition coefficient (Wildman–Crippen LogP) is 5.01. The van der Waals surface area contributed by atoms with Crippen molar-refractivity contribution in [1.82, 2.24) is 14.4 Å². The van der Waals surface area contributed by atoms with Gasteiger partial charge in [-0.25, -0.2) is 12.8 Å². The Labute approximate surface area is 222 Å². The van der Waals surface area contributed by atoms with Crippen molar-refractivity contribution in [3.8, 4) is 0 Å². The lowest BCUT2D eigenvalue weighted by molar-refractivity contribution is -0.136. The van der Waals surface area contributed by atoms with Gasteiger partial charge in [-0.3, -0.25) is 4.79 Å². The number of carbonyl (C=O) groups is 1. The number of benzene rings is 2. The van der Waals surface area contributed by atoms with Gasteiger partial charge in [-0.05, 0) is 55.5 Å². The summed E-state index contributed by atoms with van der Waals surface area (Å²) >= 11 is 0. The van der Waals surface area contributed by atoms with E-state index in [1.165, 1.54) is 33.7 Å². The topological polar surface area (TPSA) is 83.7 Å². The summed E-state index contributed by atoms with van der Waals surface area (Å²) in [5.41, 5.74) is 2.92. The summed E-state index contributed by atoms with van der Waals surface area (Å²) in [4.78, 5) is 15.1. The minimum atomic E-state index is -3.99. The van der Waals surface area contributed by atoms with Crippen LogP contribution in [0.25, 0.3) is 17.7 Å². The largest absolute Gasteiger partial charge is 0.355 e. The van der Waals surface area contributed by atoms with Crippen molar-refractivity contribution in [2.24, 2.45) is 5.92 Å². The fourth-order valence-electron chi connectivity index (χ4n) is 5.11. The third kappa shape index (κ3) is 5.35. The lowest BCUT2D eigenvalue weighted by Crippen LogP contribution is -2.47. The van der Waals surface area contributed by atoms with Crippen LogP contribution in [0.1, 0.15) is 41.8 Å². The van der Waals surface area contributed by atoms with E-state index in [4.69, 9.17) is 4.52 Å². The SMILES string of the molecule is Cc1noc(/C=C/c2ccccc2F)c1S(=O)(=O)N1CCCC(C(=O)N2CC=C(c3ccccc3)CC2)C1. The van der Waals surface area contributed by atoms with Crippen LogP contribution in [0.15, 0.2) is 70.1 Å². The lowest BCUT2D eigenvalue weighted by atomic mass is 9.95. The summed E-state index contributed by atoms with van der Waals surface area (Å²) < 4.78 is 48.1. The number of sulfonamides is 1. The molecule has 38 heavy (non-hydrogen) atoms. The van der Waals surface area contributed by atoms with E-state index in [1.54, 1.807) is 25.1 Å². The fourth-order valence-corrected chi connectivity index (χ4v) is 6.88. The Kier molecular flexibility index (Phi) is 7.58. The molecule has 3 aromatic rings. The normalized spacial score (nSPS) is 19.1. The quantitative estimate of drug-likeness (QED) is 0.443. The first-order valence-electron chi connectivity index (χ1n) is 12.8. The average molecular weight is 536 g/mol. The molecule has 0 radical (unpaired) electrons. The van der Waals surface area contributed by atoms with E-state index in [2.05, 4.69) is 23.4 Å². The fraction of sp³-hybridized carbons (Fsp3) is 0.310. The standard InChI is InChI=1S/C29H30FN3O4S/c1-21-28(27(37-31-21)14-13-24-10-5-6-12-26(24)30)38(35,36)33-17-7-11-25(20-33)29(34)32-18-15-23(16-19-32)22-8-3-2-4-9-22/h2-6,8-10,12-15,25H,7,11,16-20H2,1H3/b14-13+. The van der Waals surface area contributed by atoms with Gasteiger partial charge in [0.15, 0.2) is 10.7 Å². The van der Waals surface area contributed by atoms with E-state index >= 15 is 0 Å². The molecule has 0 N–H and O–H groups in total. The van der Waals surface area contributed by atoms with Gasteiger partial charge in [0.25, 0.3) is 0 Å². The number of aryl methyl sites for hydroxylation is 1. The highest BCUT2D eigenvalue weighted by Crippen LogP contribution is 2.31. The molecule has 9 heteroatoms. The number of amides is 1. The van der Waals surface area contributed by atoms with Gasteiger partial charge < -0.3 is 9.42 Å². The van der Waals surface area contributed by atoms with E-state index in [-0.39, 0.29) is 28.8 Å². The van der Waals surface area contributed by atoms with Gasteiger partial charge in [0.05, 0.1) is 5.92 Å². The first-order chi connectivity index (χ1) is 18.3. The van der Waals surface area contributed by atoms with Gasteiger partial charge in [0.1, 0.15) is 11.5 Å². The molecule has 2 aliphatic heterocycles. The summed E-state index contributed by atoms with van der Waals surface area (Å²) in [5.74, 6) is -0.822. The molecular formula is C29H30FN3O4S. The maximum Gasteiger partial charge on any atom is 0.248 e. The van der Waals surface area contributed by atoms with Crippen LogP contribution in [0.4, 0.5) is 4.39 Å². The van der Waals surface area contributed by atoms with Crippen LogP contribution in [-0.4, -0.2) is 54.9 Å². The smallest absolute Gasteiger partial charge is 0.248 e. The molecular weight excluding hydrogens is 505 g/mol. The molecule has 5 rings (SSSR count). The van der Waals surface area contributed by atoms with Gasteiger partial charge >= 0.3 is 0 Å². The van der Waals surface area contributed by atoms with Crippen molar-refractivity contribution in [2.45, 2.75) is 31.1 Å². The minimum absolute atomic E-state index is 0.0185. The molecule has 7 nitrogen and oxygen atoms in total. The van der Waals surface area contributed by atoms with Crippen molar-refractivity contribution in [3.63, 3.8) is 0 Å². The molecule has 1 fully saturated rings. The number of carbonyl (C=O) groups excluding carboxylic acids is 1. The van der Waals surface area contributed by atoms with E-state index in [0.29, 0.717) is 38.0 Å². The lowest BCUT2D eigenvalue weighted by Gasteiger charge is -2.35. The van der Waals surface area contributed by atoms with Crippen molar-refractivity contribution in [3.05, 3.63) is 89.1 Å². The van der Waals surface area contributed by atoms with E-state index in [0.717, 1.165) is 6.42 Å². The highest BCUT2D eigenvalue weighted by Gasteiger charge is 2.38. The molecule has 1 unspecified atom stereocenters. The number of aromatic nitrogens is 1. The summed E-state index contributed by atoms with van der Waals surface area (Å²) in [7, 11) is -3.99. The molecule has 0 aliphatic carbocycles. The molecule has 2 aromatic carbocycles. The Balaban J connectivity index is 1.31. The zero-order chi connectivity index (χ0) is 26.7. The van der Waals surface area contributed by atoms with Gasteiger partial charge in [-0.15, -0.1) is 0 Å². The Morgan fingerprint density at radius 3 is 2.58 bits per heavy atom. The number of halogens is 1. The molecule has 2 aliphatic rings. The van der Waals surface area contributed by atoms with Gasteiger partial charge in [-0.2, -0.15) is 4.31 Å². The second kappa shape index (κ2) is 11.0. The van der Waals surface area contributed by atoms with E-state index in [1.807, 2.05) is 23.1 Å². The van der Waals surface area contributed by atoms with Crippen molar-refractivity contribution in [1.29, 1.82) is 0 Å². The molecule has 1 aromatic heterocycles. The maximum atomic E-state index is 14.0. The first kappa shape index (κ1) is 26.1. The molecule has 1 atom stereocenters. The number of nitrogens with zero attached hydrogens (tertiary/aromatic N) is 3. The highest BCUT2D eigenvalue weighted by molar-refractivity contribution is 7.89. The highest BCUT2D eigenvalue weighted by atomic mass is 32.2. The van der Waals surface area contributed by atoms with Crippen LogP contribution in [0.5, 0.6) is 0 Å². The molecule has 0 bridgehead atoms. The van der Waals surface area contributed by atoms with Crippen LogP contribution in [0, 0.1) is 18.7 Å². The number of rotatable bonds is 6. The van der Waals surface area contributed by atoms with E-state index < -0.39 is 21.8 Å². The summed E-state index contributed by atoms with van der Waals surface area (Å²) in [6.07, 6.45) is 6.95. The summed E-state index contributed by atoms with van der Waals surface area (Å²) in [5, 5.41) is 3.86. The van der Waals surface area contributed by atoms with Gasteiger partial charge in [0.2, 0.25) is 15.9 Å². The van der Waals surface area contributed by atoms with Crippen molar-refractivity contribution >= 4 is 33.7 Å². The Morgan fingerprint density at radius 2 is 1.84 bits per heavy atom. The van der Waals surface area contributed by atoms with Crippen molar-refractivity contribution in [2.75, 3.05) is 26.2 Å². The van der Waals surface area contributed by atoms with Gasteiger partial charge in [-0.1, -0.05) is 59.8 Å². The Morgan fingerprint density at radius 1 is 1.08 bits per heavy atom. The average Bonchev–Trinajstić information content (AvgIpc) is 3.33. The van der Waals surface area contributed by atoms with Crippen molar-refractivity contribution < 1.29 is 22.1 Å². The van der Waals surface area contributed by atoms with Crippen LogP contribution in [-0.2, 0) is 14.8 Å². The zero-order valence-corrected chi connectivity index (χ0v) is 22.0. The minimum Gasteiger partial charge on any atom is -0.355 e. The summed E-state index contributed by atoms with van der Waals surface area (Å²) in [6, 6.07) is 16.3. The molecule has 1 amide bonds. The molecule has 0 saturated carbocycles. The Hall–Kier alpha value is -3.56. The Bertz CT molecular complexity index is 1480. The van der Waals surface area contributed by atoms with Crippen LogP contribution in [0.3, 0.4) is 0 Å². The number of hydrogen-bond donors (Lipinski definition) is 0. The van der Waals surface area contributed by atoms with E-state index in [9.17, 15) is 17.6 Å². The predicted molar refractivity (Wildman–Crippen MR) is 144 cm³/mol. The zero-order valence-electron chi connectivity index (χ0n) is 21.2. The molecule has 3 heterocycles. The second-order valence-electron chi connectivity index (χ2n) is 9.65. The number of piperidine rings is 1. The second-order valence-corrected chi connectivity index (χ2v) is 11.5. The third-order valence-electron chi connectivity index (χ3n) is 7.15. The summed E-state index contributed by atoms with van der Waals surface area (Å²) in [6.45, 7) is 3.10. The van der Waals surface area contributed by atoms with Crippen LogP contribution in [0.2, 0.25) is 0 Å². The first-order valence-corrected chi connectivity index (χ1v) is 14.2. The number of hydrogen-bond acceptors (Lipinski definition) is 5. The molecule has 0 spiro atoms. The molecule has 1 saturated heterocycles. The van der Waals surface area contributed by atoms with Crippen LogP contribution >= 0.6 is 0 Å².